The molecule has 0 amide bonds. The van der Waals surface area contributed by atoms with E-state index in [-0.39, 0.29) is 5.69 Å². The predicted octanol–water partition coefficient (Wildman–Crippen LogP) is 1.08. The number of piperidine rings is 1. The molecule has 1 fully saturated rings. The molecule has 0 radical (unpaired) electrons. The summed E-state index contributed by atoms with van der Waals surface area (Å²) in [5.74, 6) is 0. The number of nitrogens with zero attached hydrogens (tertiary/aromatic N) is 2. The normalized spacial score (nSPS) is 20.9. The Hall–Kier alpha value is -1.16. The van der Waals surface area contributed by atoms with Gasteiger partial charge in [0.2, 0.25) is 0 Å². The molecule has 2 rings (SSSR count). The van der Waals surface area contributed by atoms with Gasteiger partial charge in [0.1, 0.15) is 0 Å². The molecule has 1 saturated heterocycles. The fourth-order valence-electron chi connectivity index (χ4n) is 2.19. The maximum atomic E-state index is 11.5. The SMILES string of the molecule is Cc1cnc(=O)n(CCC2CCCCN2)c1. The molecule has 1 aromatic heterocycles. The van der Waals surface area contributed by atoms with Crippen molar-refractivity contribution in [2.45, 2.75) is 45.2 Å². The molecule has 1 N–H and O–H groups in total. The Bertz CT molecular complexity index is 393. The van der Waals surface area contributed by atoms with Gasteiger partial charge >= 0.3 is 5.69 Å². The highest BCUT2D eigenvalue weighted by Crippen LogP contribution is 2.10. The molecule has 1 atom stereocenters. The summed E-state index contributed by atoms with van der Waals surface area (Å²) in [6.45, 7) is 3.85. The van der Waals surface area contributed by atoms with E-state index in [4.69, 9.17) is 0 Å². The minimum absolute atomic E-state index is 0.138. The van der Waals surface area contributed by atoms with Crippen molar-refractivity contribution in [2.24, 2.45) is 0 Å². The Kier molecular flexibility index (Phi) is 3.72. The Morgan fingerprint density at radius 3 is 3.19 bits per heavy atom. The third-order valence-electron chi connectivity index (χ3n) is 3.11. The van der Waals surface area contributed by atoms with E-state index in [2.05, 4.69) is 10.3 Å². The molecule has 1 unspecified atom stereocenters. The van der Waals surface area contributed by atoms with E-state index in [1.165, 1.54) is 19.3 Å². The van der Waals surface area contributed by atoms with Gasteiger partial charge in [0.05, 0.1) is 0 Å². The highest BCUT2D eigenvalue weighted by molar-refractivity contribution is 4.99. The van der Waals surface area contributed by atoms with Crippen molar-refractivity contribution in [3.8, 4) is 0 Å². The van der Waals surface area contributed by atoms with Crippen LogP contribution in [0.3, 0.4) is 0 Å². The van der Waals surface area contributed by atoms with Crippen LogP contribution in [0.15, 0.2) is 17.2 Å². The zero-order chi connectivity index (χ0) is 11.4. The minimum atomic E-state index is -0.138. The minimum Gasteiger partial charge on any atom is -0.314 e. The highest BCUT2D eigenvalue weighted by atomic mass is 16.1. The molecule has 0 aliphatic carbocycles. The van der Waals surface area contributed by atoms with E-state index in [9.17, 15) is 4.79 Å². The molecule has 16 heavy (non-hydrogen) atoms. The molecule has 4 nitrogen and oxygen atoms in total. The van der Waals surface area contributed by atoms with Crippen LogP contribution < -0.4 is 11.0 Å². The molecule has 1 aliphatic rings. The second-order valence-electron chi connectivity index (χ2n) is 4.54. The third kappa shape index (κ3) is 2.92. The van der Waals surface area contributed by atoms with Crippen molar-refractivity contribution in [2.75, 3.05) is 6.54 Å². The Morgan fingerprint density at radius 1 is 1.56 bits per heavy atom. The van der Waals surface area contributed by atoms with Crippen LogP contribution in [-0.4, -0.2) is 22.1 Å². The molecule has 2 heterocycles. The number of hydrogen-bond donors (Lipinski definition) is 1. The summed E-state index contributed by atoms with van der Waals surface area (Å²) in [5.41, 5.74) is 0.901. The van der Waals surface area contributed by atoms with Gasteiger partial charge in [0.25, 0.3) is 0 Å². The number of aromatic nitrogens is 2. The van der Waals surface area contributed by atoms with E-state index in [1.807, 2.05) is 13.1 Å². The lowest BCUT2D eigenvalue weighted by Crippen LogP contribution is -2.35. The topological polar surface area (TPSA) is 46.9 Å². The van der Waals surface area contributed by atoms with Gasteiger partial charge in [0, 0.05) is 25.0 Å². The van der Waals surface area contributed by atoms with Gasteiger partial charge < -0.3 is 5.32 Å². The van der Waals surface area contributed by atoms with Crippen molar-refractivity contribution >= 4 is 0 Å². The molecule has 0 bridgehead atoms. The Balaban J connectivity index is 1.93. The van der Waals surface area contributed by atoms with Crippen molar-refractivity contribution in [3.63, 3.8) is 0 Å². The maximum Gasteiger partial charge on any atom is 0.347 e. The summed E-state index contributed by atoms with van der Waals surface area (Å²) < 4.78 is 1.71. The maximum absolute atomic E-state index is 11.5. The number of aryl methyl sites for hydroxylation is 2. The monoisotopic (exact) mass is 221 g/mol. The zero-order valence-electron chi connectivity index (χ0n) is 9.78. The van der Waals surface area contributed by atoms with E-state index >= 15 is 0 Å². The van der Waals surface area contributed by atoms with E-state index in [0.29, 0.717) is 6.04 Å². The van der Waals surface area contributed by atoms with Crippen LogP contribution in [-0.2, 0) is 6.54 Å². The molecular formula is C12H19N3O. The average Bonchev–Trinajstić information content (AvgIpc) is 2.32. The quantitative estimate of drug-likeness (QED) is 0.831. The van der Waals surface area contributed by atoms with Gasteiger partial charge in [-0.05, 0) is 38.3 Å². The van der Waals surface area contributed by atoms with Crippen molar-refractivity contribution < 1.29 is 0 Å². The molecule has 4 heteroatoms. The van der Waals surface area contributed by atoms with E-state index in [1.54, 1.807) is 10.8 Å². The molecule has 0 saturated carbocycles. The summed E-state index contributed by atoms with van der Waals surface area (Å²) in [5, 5.41) is 3.49. The lowest BCUT2D eigenvalue weighted by Gasteiger charge is -2.23. The van der Waals surface area contributed by atoms with Gasteiger partial charge in [-0.2, -0.15) is 0 Å². The zero-order valence-corrected chi connectivity index (χ0v) is 9.78. The Labute approximate surface area is 95.7 Å². The number of rotatable bonds is 3. The van der Waals surface area contributed by atoms with Crippen LogP contribution in [0.25, 0.3) is 0 Å². The van der Waals surface area contributed by atoms with Gasteiger partial charge in [-0.3, -0.25) is 4.57 Å². The van der Waals surface area contributed by atoms with E-state index < -0.39 is 0 Å². The van der Waals surface area contributed by atoms with Crippen LogP contribution in [0, 0.1) is 6.92 Å². The summed E-state index contributed by atoms with van der Waals surface area (Å²) in [6.07, 6.45) is 8.34. The van der Waals surface area contributed by atoms with Gasteiger partial charge in [-0.1, -0.05) is 6.42 Å². The Morgan fingerprint density at radius 2 is 2.44 bits per heavy atom. The number of nitrogens with one attached hydrogen (secondary N) is 1. The molecular weight excluding hydrogens is 202 g/mol. The average molecular weight is 221 g/mol. The molecule has 88 valence electrons. The van der Waals surface area contributed by atoms with Crippen LogP contribution in [0.5, 0.6) is 0 Å². The first kappa shape index (κ1) is 11.3. The molecule has 0 aromatic carbocycles. The smallest absolute Gasteiger partial charge is 0.314 e. The van der Waals surface area contributed by atoms with Crippen molar-refractivity contribution in [3.05, 3.63) is 28.4 Å². The van der Waals surface area contributed by atoms with Gasteiger partial charge in [-0.15, -0.1) is 0 Å². The summed E-state index contributed by atoms with van der Waals surface area (Å²) >= 11 is 0. The van der Waals surface area contributed by atoms with Gasteiger partial charge in [0.15, 0.2) is 0 Å². The molecule has 1 aliphatic heterocycles. The van der Waals surface area contributed by atoms with Crippen molar-refractivity contribution in [1.82, 2.24) is 14.9 Å². The lowest BCUT2D eigenvalue weighted by molar-refractivity contribution is 0.364. The first-order valence-electron chi connectivity index (χ1n) is 6.02. The molecule has 0 spiro atoms. The fourth-order valence-corrected chi connectivity index (χ4v) is 2.19. The standard InChI is InChI=1S/C12H19N3O/c1-10-8-14-12(16)15(9-10)7-5-11-4-2-3-6-13-11/h8-9,11,13H,2-7H2,1H3. The second kappa shape index (κ2) is 5.25. The van der Waals surface area contributed by atoms with Crippen LogP contribution >= 0.6 is 0 Å². The third-order valence-corrected chi connectivity index (χ3v) is 3.11. The highest BCUT2D eigenvalue weighted by Gasteiger charge is 2.12. The van der Waals surface area contributed by atoms with E-state index in [0.717, 1.165) is 25.1 Å². The van der Waals surface area contributed by atoms with Crippen molar-refractivity contribution in [1.29, 1.82) is 0 Å². The van der Waals surface area contributed by atoms with Crippen LogP contribution in [0.1, 0.15) is 31.2 Å². The van der Waals surface area contributed by atoms with Crippen LogP contribution in [0.4, 0.5) is 0 Å². The summed E-state index contributed by atoms with van der Waals surface area (Å²) in [4.78, 5) is 15.3. The molecule has 1 aromatic rings. The summed E-state index contributed by atoms with van der Waals surface area (Å²) in [7, 11) is 0. The lowest BCUT2D eigenvalue weighted by atomic mass is 10.0. The predicted molar refractivity (Wildman–Crippen MR) is 63.5 cm³/mol. The summed E-state index contributed by atoms with van der Waals surface area (Å²) in [6, 6.07) is 0.571. The van der Waals surface area contributed by atoms with Crippen LogP contribution in [0.2, 0.25) is 0 Å². The number of hydrogen-bond acceptors (Lipinski definition) is 3. The largest absolute Gasteiger partial charge is 0.347 e. The second-order valence-corrected chi connectivity index (χ2v) is 4.54. The first-order valence-corrected chi connectivity index (χ1v) is 6.02. The van der Waals surface area contributed by atoms with Gasteiger partial charge in [-0.25, -0.2) is 9.78 Å². The first-order chi connectivity index (χ1) is 7.75. The fraction of sp³-hybridized carbons (Fsp3) is 0.667.